The number of anilines is 1. The Morgan fingerprint density at radius 2 is 1.97 bits per heavy atom. The molecule has 2 bridgehead atoms. The van der Waals surface area contributed by atoms with Gasteiger partial charge in [0.05, 0.1) is 29.7 Å². The van der Waals surface area contributed by atoms with Crippen molar-refractivity contribution in [1.82, 2.24) is 19.0 Å². The largest absolute Gasteiger partial charge is 0.493 e. The third-order valence-corrected chi connectivity index (χ3v) is 6.58. The lowest BCUT2D eigenvalue weighted by molar-refractivity contribution is 0.341. The minimum atomic E-state index is -0.206. The van der Waals surface area contributed by atoms with Crippen molar-refractivity contribution in [2.75, 3.05) is 11.9 Å². The first-order valence-corrected chi connectivity index (χ1v) is 10.6. The van der Waals surface area contributed by atoms with E-state index < -0.39 is 0 Å². The molecule has 0 spiro atoms. The first-order valence-electron chi connectivity index (χ1n) is 10.2. The zero-order valence-corrected chi connectivity index (χ0v) is 17.3. The lowest BCUT2D eigenvalue weighted by Gasteiger charge is -2.30. The van der Waals surface area contributed by atoms with Crippen LogP contribution in [0.2, 0.25) is 0 Å². The number of nitrogens with one attached hydrogen (secondary N) is 1. The Hall–Kier alpha value is -3.65. The van der Waals surface area contributed by atoms with Crippen LogP contribution in [0.4, 0.5) is 5.69 Å². The summed E-state index contributed by atoms with van der Waals surface area (Å²) < 4.78 is 3.17. The highest BCUT2D eigenvalue weighted by Crippen LogP contribution is 2.49. The van der Waals surface area contributed by atoms with Crippen LogP contribution in [0.5, 0.6) is 5.88 Å². The predicted octanol–water partition coefficient (Wildman–Crippen LogP) is 3.59. The van der Waals surface area contributed by atoms with E-state index in [1.807, 2.05) is 54.6 Å². The molecule has 31 heavy (non-hydrogen) atoms. The normalized spacial score (nSPS) is 19.0. The highest BCUT2D eigenvalue weighted by atomic mass is 32.1. The molecule has 7 nitrogen and oxygen atoms in total. The van der Waals surface area contributed by atoms with E-state index in [0.29, 0.717) is 23.0 Å². The van der Waals surface area contributed by atoms with Crippen molar-refractivity contribution in [2.24, 2.45) is 0 Å². The monoisotopic (exact) mass is 429 g/mol. The highest BCUT2D eigenvalue weighted by molar-refractivity contribution is 7.80. The topological polar surface area (TPSA) is 75.3 Å². The van der Waals surface area contributed by atoms with Gasteiger partial charge in [0.1, 0.15) is 5.69 Å². The molecule has 8 heteroatoms. The van der Waals surface area contributed by atoms with Gasteiger partial charge in [0.2, 0.25) is 5.88 Å². The maximum Gasteiger partial charge on any atom is 0.336 e. The number of rotatable bonds is 2. The van der Waals surface area contributed by atoms with Crippen molar-refractivity contribution in [3.63, 3.8) is 0 Å². The van der Waals surface area contributed by atoms with E-state index in [1.54, 1.807) is 17.0 Å². The predicted molar refractivity (Wildman–Crippen MR) is 123 cm³/mol. The Labute approximate surface area is 183 Å². The fourth-order valence-corrected chi connectivity index (χ4v) is 5.24. The molecule has 2 aliphatic rings. The Kier molecular flexibility index (Phi) is 3.91. The molecule has 2 aliphatic heterocycles. The highest BCUT2D eigenvalue weighted by Gasteiger charge is 2.48. The Morgan fingerprint density at radius 1 is 1.13 bits per heavy atom. The molecule has 0 radical (unpaired) electrons. The molecule has 1 saturated heterocycles. The maximum atomic E-state index is 13.4. The average molecular weight is 430 g/mol. The third kappa shape index (κ3) is 2.61. The molecule has 2 atom stereocenters. The first-order chi connectivity index (χ1) is 15.1. The number of thiocarbonyl (C=S) groups is 1. The lowest BCUT2D eigenvalue weighted by Crippen LogP contribution is -2.39. The summed E-state index contributed by atoms with van der Waals surface area (Å²) >= 11 is 5.64. The molecule has 0 unspecified atom stereocenters. The number of imidazole rings is 1. The molecular weight excluding hydrogens is 410 g/mol. The second-order valence-electron chi connectivity index (χ2n) is 7.92. The van der Waals surface area contributed by atoms with Gasteiger partial charge in [-0.1, -0.05) is 36.4 Å². The van der Waals surface area contributed by atoms with Crippen molar-refractivity contribution in [3.8, 4) is 11.6 Å². The molecule has 154 valence electrons. The van der Waals surface area contributed by atoms with E-state index in [4.69, 9.17) is 12.2 Å². The van der Waals surface area contributed by atoms with Gasteiger partial charge in [0, 0.05) is 18.1 Å². The van der Waals surface area contributed by atoms with Gasteiger partial charge in [-0.3, -0.25) is 9.55 Å². The zero-order chi connectivity index (χ0) is 21.1. The van der Waals surface area contributed by atoms with Gasteiger partial charge in [-0.2, -0.15) is 0 Å². The van der Waals surface area contributed by atoms with E-state index in [2.05, 4.69) is 15.2 Å². The number of aromatic nitrogens is 3. The number of nitrogens with zero attached hydrogens (tertiary/aromatic N) is 4. The summed E-state index contributed by atoms with van der Waals surface area (Å²) in [5.74, 6) is -0.0114. The van der Waals surface area contributed by atoms with Crippen LogP contribution < -0.4 is 11.0 Å². The summed E-state index contributed by atoms with van der Waals surface area (Å²) in [6.45, 7) is 0.628. The average Bonchev–Trinajstić information content (AvgIpc) is 3.46. The van der Waals surface area contributed by atoms with Crippen LogP contribution in [-0.4, -0.2) is 35.8 Å². The van der Waals surface area contributed by atoms with Gasteiger partial charge in [-0.05, 0) is 42.2 Å². The van der Waals surface area contributed by atoms with Crippen molar-refractivity contribution in [3.05, 3.63) is 83.2 Å². The lowest BCUT2D eigenvalue weighted by atomic mass is 10.1. The fourth-order valence-electron chi connectivity index (χ4n) is 4.92. The quantitative estimate of drug-likeness (QED) is 0.475. The van der Waals surface area contributed by atoms with Crippen LogP contribution in [0.3, 0.4) is 0 Å². The van der Waals surface area contributed by atoms with Crippen LogP contribution in [-0.2, 0) is 0 Å². The van der Waals surface area contributed by atoms with Crippen LogP contribution in [0.25, 0.3) is 16.5 Å². The molecule has 2 aromatic heterocycles. The number of likely N-dealkylation sites (tertiary alicyclic amines) is 1. The number of fused-ring (bicyclic) bond motifs is 6. The van der Waals surface area contributed by atoms with Gasteiger partial charge < -0.3 is 15.3 Å². The number of hydrogen-bond acceptors (Lipinski definition) is 4. The molecule has 2 aromatic carbocycles. The first kappa shape index (κ1) is 18.1. The Morgan fingerprint density at radius 3 is 2.81 bits per heavy atom. The summed E-state index contributed by atoms with van der Waals surface area (Å²) in [6, 6.07) is 17.2. The molecule has 4 heterocycles. The second kappa shape index (κ2) is 6.68. The molecule has 0 aliphatic carbocycles. The van der Waals surface area contributed by atoms with E-state index in [0.717, 1.165) is 22.9 Å². The van der Waals surface area contributed by atoms with Gasteiger partial charge in [-0.15, -0.1) is 0 Å². The number of hydrogen-bond donors (Lipinski definition) is 2. The van der Waals surface area contributed by atoms with Crippen molar-refractivity contribution in [2.45, 2.75) is 18.5 Å². The molecule has 2 N–H and O–H groups in total. The van der Waals surface area contributed by atoms with Gasteiger partial charge >= 0.3 is 5.69 Å². The number of benzene rings is 2. The smallest absolute Gasteiger partial charge is 0.336 e. The van der Waals surface area contributed by atoms with Gasteiger partial charge in [-0.25, -0.2) is 9.36 Å². The zero-order valence-electron chi connectivity index (χ0n) is 16.5. The van der Waals surface area contributed by atoms with Gasteiger partial charge in [0.15, 0.2) is 5.11 Å². The summed E-state index contributed by atoms with van der Waals surface area (Å²) in [5, 5.41) is 16.9. The van der Waals surface area contributed by atoms with Crippen LogP contribution >= 0.6 is 12.2 Å². The third-order valence-electron chi connectivity index (χ3n) is 6.24. The molecule has 1 fully saturated rings. The standard InChI is InChI=1S/C23H19N5O2S/c29-21-20-19-11-16(13-26(19)22(31)25-15-7-4-10-24-12-15)27(20)23(30)28(21)18-9-3-6-14-5-1-2-8-17(14)18/h1-10,12,16,19,29H,11,13H2,(H,25,31)/t16-,19-/m0/s1. The van der Waals surface area contributed by atoms with Gasteiger partial charge in [0.25, 0.3) is 0 Å². The molecule has 0 amide bonds. The van der Waals surface area contributed by atoms with E-state index in [9.17, 15) is 9.90 Å². The van der Waals surface area contributed by atoms with Crippen LogP contribution in [0.15, 0.2) is 71.8 Å². The van der Waals surface area contributed by atoms with E-state index in [1.165, 1.54) is 4.57 Å². The van der Waals surface area contributed by atoms with E-state index in [-0.39, 0.29) is 23.7 Å². The minimum absolute atomic E-state index is 0.0114. The summed E-state index contributed by atoms with van der Waals surface area (Å²) in [4.78, 5) is 19.5. The summed E-state index contributed by atoms with van der Waals surface area (Å²) in [5.41, 5.74) is 1.92. The van der Waals surface area contributed by atoms with Crippen LogP contribution in [0.1, 0.15) is 24.2 Å². The van der Waals surface area contributed by atoms with Crippen molar-refractivity contribution in [1.29, 1.82) is 0 Å². The van der Waals surface area contributed by atoms with Crippen molar-refractivity contribution >= 4 is 33.8 Å². The number of pyridine rings is 1. The molecular formula is C23H19N5O2S. The molecule has 6 rings (SSSR count). The Balaban J connectivity index is 1.42. The molecule has 4 aromatic rings. The van der Waals surface area contributed by atoms with E-state index >= 15 is 0 Å². The summed E-state index contributed by atoms with van der Waals surface area (Å²) in [7, 11) is 0. The number of aromatic hydroxyl groups is 1. The summed E-state index contributed by atoms with van der Waals surface area (Å²) in [6.07, 6.45) is 4.17. The minimum Gasteiger partial charge on any atom is -0.493 e. The SMILES string of the molecule is O=c1n(-c2cccc3ccccc23)c(O)c2n1[C@H]1C[C@@H]2N(C(=S)Nc2cccnc2)C1. The van der Waals surface area contributed by atoms with Crippen molar-refractivity contribution < 1.29 is 5.11 Å². The maximum absolute atomic E-state index is 13.4. The Bertz CT molecular complexity index is 1390. The molecule has 0 saturated carbocycles. The van der Waals surface area contributed by atoms with Crippen LogP contribution in [0, 0.1) is 0 Å². The second-order valence-corrected chi connectivity index (χ2v) is 8.31. The fraction of sp³-hybridized carbons (Fsp3) is 0.174.